The first-order chi connectivity index (χ1) is 8.77. The van der Waals surface area contributed by atoms with Gasteiger partial charge in [-0.3, -0.25) is 0 Å². The largest absolute Gasteiger partial charge is 0.467 e. The summed E-state index contributed by atoms with van der Waals surface area (Å²) in [4.78, 5) is 11.7. The lowest BCUT2D eigenvalue weighted by Gasteiger charge is -2.17. The summed E-state index contributed by atoms with van der Waals surface area (Å²) in [6, 6.07) is 9.54. The molecule has 1 atom stereocenters. The van der Waals surface area contributed by atoms with E-state index in [1.165, 1.54) is 26.4 Å². The summed E-state index contributed by atoms with van der Waals surface area (Å²) in [6.07, 6.45) is 5.46. The first-order valence-corrected chi connectivity index (χ1v) is 6.67. The topological polar surface area (TPSA) is 38.3 Å². The van der Waals surface area contributed by atoms with Crippen molar-refractivity contribution in [2.24, 2.45) is 0 Å². The molecule has 0 saturated carbocycles. The van der Waals surface area contributed by atoms with Gasteiger partial charge in [-0.25, -0.2) is 4.79 Å². The van der Waals surface area contributed by atoms with E-state index in [1.54, 1.807) is 0 Å². The first-order valence-electron chi connectivity index (χ1n) is 6.67. The Bertz CT molecular complexity index is 338. The van der Waals surface area contributed by atoms with Gasteiger partial charge in [0.15, 0.2) is 0 Å². The molecule has 1 aromatic carbocycles. The monoisotopic (exact) mass is 249 g/mol. The van der Waals surface area contributed by atoms with Crippen molar-refractivity contribution < 1.29 is 9.53 Å². The number of hydrogen-bond acceptors (Lipinski definition) is 3. The van der Waals surface area contributed by atoms with Gasteiger partial charge in [0.25, 0.3) is 0 Å². The molecule has 1 aromatic rings. The predicted octanol–water partition coefficient (Wildman–Crippen LogP) is 3.61. The zero-order valence-corrected chi connectivity index (χ0v) is 11.3. The Morgan fingerprint density at radius 1 is 1.22 bits per heavy atom. The van der Waals surface area contributed by atoms with Crippen molar-refractivity contribution >= 4 is 11.7 Å². The Morgan fingerprint density at radius 2 is 1.94 bits per heavy atom. The molecule has 0 heterocycles. The summed E-state index contributed by atoms with van der Waals surface area (Å²) < 4.78 is 4.84. The quantitative estimate of drug-likeness (QED) is 0.565. The average molecular weight is 249 g/mol. The van der Waals surface area contributed by atoms with Crippen LogP contribution in [0.25, 0.3) is 0 Å². The highest BCUT2D eigenvalue weighted by atomic mass is 16.5. The minimum Gasteiger partial charge on any atom is -0.467 e. The van der Waals surface area contributed by atoms with E-state index in [0.717, 1.165) is 18.5 Å². The number of nitrogens with one attached hydrogen (secondary N) is 1. The van der Waals surface area contributed by atoms with Crippen molar-refractivity contribution in [2.75, 3.05) is 12.4 Å². The fourth-order valence-electron chi connectivity index (χ4n) is 1.90. The van der Waals surface area contributed by atoms with Crippen molar-refractivity contribution in [3.05, 3.63) is 30.3 Å². The molecular formula is C15H23NO2. The molecule has 1 unspecified atom stereocenters. The summed E-state index contributed by atoms with van der Waals surface area (Å²) in [5, 5.41) is 3.23. The van der Waals surface area contributed by atoms with Crippen LogP contribution in [0, 0.1) is 0 Å². The third kappa shape index (κ3) is 5.21. The van der Waals surface area contributed by atoms with Crippen LogP contribution in [-0.2, 0) is 9.53 Å². The Hall–Kier alpha value is -1.51. The smallest absolute Gasteiger partial charge is 0.328 e. The van der Waals surface area contributed by atoms with Gasteiger partial charge in [0.2, 0.25) is 0 Å². The van der Waals surface area contributed by atoms with E-state index in [-0.39, 0.29) is 12.0 Å². The van der Waals surface area contributed by atoms with Crippen LogP contribution in [0.5, 0.6) is 0 Å². The Morgan fingerprint density at radius 3 is 2.56 bits per heavy atom. The molecule has 3 heteroatoms. The number of carbonyl (C=O) groups is 1. The molecule has 0 radical (unpaired) electrons. The van der Waals surface area contributed by atoms with E-state index in [2.05, 4.69) is 12.2 Å². The number of para-hydroxylation sites is 1. The van der Waals surface area contributed by atoms with Crippen molar-refractivity contribution in [1.29, 1.82) is 0 Å². The van der Waals surface area contributed by atoms with Crippen LogP contribution < -0.4 is 5.32 Å². The average Bonchev–Trinajstić information content (AvgIpc) is 2.42. The molecule has 1 rings (SSSR count). The second kappa shape index (κ2) is 8.56. The van der Waals surface area contributed by atoms with Crippen molar-refractivity contribution in [3.8, 4) is 0 Å². The highest BCUT2D eigenvalue weighted by Crippen LogP contribution is 2.13. The molecular weight excluding hydrogens is 226 g/mol. The minimum atomic E-state index is -0.241. The SMILES string of the molecule is CCCCCCC(Nc1ccccc1)C(=O)OC. The molecule has 0 aliphatic heterocycles. The van der Waals surface area contributed by atoms with Crippen LogP contribution in [0.1, 0.15) is 39.0 Å². The highest BCUT2D eigenvalue weighted by Gasteiger charge is 2.18. The normalized spacial score (nSPS) is 11.9. The molecule has 0 aromatic heterocycles. The Balaban J connectivity index is 2.48. The number of rotatable bonds is 8. The van der Waals surface area contributed by atoms with Crippen LogP contribution in [0.4, 0.5) is 5.69 Å². The lowest BCUT2D eigenvalue weighted by atomic mass is 10.1. The van der Waals surface area contributed by atoms with E-state index in [4.69, 9.17) is 4.74 Å². The van der Waals surface area contributed by atoms with Gasteiger partial charge in [-0.05, 0) is 18.6 Å². The summed E-state index contributed by atoms with van der Waals surface area (Å²) in [7, 11) is 1.44. The van der Waals surface area contributed by atoms with Crippen molar-refractivity contribution in [2.45, 2.75) is 45.1 Å². The fraction of sp³-hybridized carbons (Fsp3) is 0.533. The molecule has 0 amide bonds. The van der Waals surface area contributed by atoms with E-state index in [0.29, 0.717) is 0 Å². The standard InChI is InChI=1S/C15H23NO2/c1-3-4-5-9-12-14(15(17)18-2)16-13-10-7-6-8-11-13/h6-8,10-11,14,16H,3-5,9,12H2,1-2H3. The Labute approximate surface area is 110 Å². The number of hydrogen-bond donors (Lipinski definition) is 1. The zero-order chi connectivity index (χ0) is 13.2. The van der Waals surface area contributed by atoms with E-state index < -0.39 is 0 Å². The minimum absolute atomic E-state index is 0.185. The highest BCUT2D eigenvalue weighted by molar-refractivity contribution is 5.79. The first kappa shape index (κ1) is 14.6. The van der Waals surface area contributed by atoms with Crippen LogP contribution >= 0.6 is 0 Å². The lowest BCUT2D eigenvalue weighted by Crippen LogP contribution is -2.30. The second-order valence-corrected chi connectivity index (χ2v) is 4.44. The van der Waals surface area contributed by atoms with Crippen LogP contribution in [-0.4, -0.2) is 19.1 Å². The fourth-order valence-corrected chi connectivity index (χ4v) is 1.90. The molecule has 0 aliphatic carbocycles. The summed E-state index contributed by atoms with van der Waals surface area (Å²) >= 11 is 0. The zero-order valence-electron chi connectivity index (χ0n) is 11.3. The molecule has 0 bridgehead atoms. The van der Waals surface area contributed by atoms with Gasteiger partial charge in [-0.15, -0.1) is 0 Å². The number of unbranched alkanes of at least 4 members (excludes halogenated alkanes) is 3. The molecule has 0 aliphatic rings. The number of benzene rings is 1. The third-order valence-electron chi connectivity index (χ3n) is 2.95. The molecule has 18 heavy (non-hydrogen) atoms. The maximum atomic E-state index is 11.7. The number of carbonyl (C=O) groups excluding carboxylic acids is 1. The lowest BCUT2D eigenvalue weighted by molar-refractivity contribution is -0.141. The van der Waals surface area contributed by atoms with E-state index >= 15 is 0 Å². The summed E-state index contributed by atoms with van der Waals surface area (Å²) in [6.45, 7) is 2.18. The van der Waals surface area contributed by atoms with Crippen molar-refractivity contribution in [1.82, 2.24) is 0 Å². The van der Waals surface area contributed by atoms with Gasteiger partial charge in [0, 0.05) is 5.69 Å². The number of anilines is 1. The van der Waals surface area contributed by atoms with Gasteiger partial charge in [-0.1, -0.05) is 50.8 Å². The number of methoxy groups -OCH3 is 1. The molecule has 0 spiro atoms. The maximum absolute atomic E-state index is 11.7. The summed E-state index contributed by atoms with van der Waals surface area (Å²) in [5.41, 5.74) is 0.961. The molecule has 1 N–H and O–H groups in total. The van der Waals surface area contributed by atoms with Gasteiger partial charge < -0.3 is 10.1 Å². The maximum Gasteiger partial charge on any atom is 0.328 e. The second-order valence-electron chi connectivity index (χ2n) is 4.44. The predicted molar refractivity (Wildman–Crippen MR) is 74.6 cm³/mol. The van der Waals surface area contributed by atoms with Crippen LogP contribution in [0.15, 0.2) is 30.3 Å². The van der Waals surface area contributed by atoms with E-state index in [1.807, 2.05) is 30.3 Å². The number of esters is 1. The van der Waals surface area contributed by atoms with E-state index in [9.17, 15) is 4.79 Å². The third-order valence-corrected chi connectivity index (χ3v) is 2.95. The van der Waals surface area contributed by atoms with Gasteiger partial charge in [0.05, 0.1) is 7.11 Å². The van der Waals surface area contributed by atoms with Gasteiger partial charge in [-0.2, -0.15) is 0 Å². The van der Waals surface area contributed by atoms with Crippen molar-refractivity contribution in [3.63, 3.8) is 0 Å². The van der Waals surface area contributed by atoms with Crippen LogP contribution in [0.2, 0.25) is 0 Å². The molecule has 3 nitrogen and oxygen atoms in total. The summed E-state index contributed by atoms with van der Waals surface area (Å²) in [5.74, 6) is -0.185. The molecule has 0 saturated heterocycles. The number of ether oxygens (including phenoxy) is 1. The Kier molecular flexibility index (Phi) is 6.92. The van der Waals surface area contributed by atoms with Gasteiger partial charge >= 0.3 is 5.97 Å². The van der Waals surface area contributed by atoms with Crippen LogP contribution in [0.3, 0.4) is 0 Å². The van der Waals surface area contributed by atoms with Gasteiger partial charge in [0.1, 0.15) is 6.04 Å². The molecule has 100 valence electrons. The molecule has 0 fully saturated rings.